The maximum absolute atomic E-state index is 13.0. The SMILES string of the molecule is Cc1cccc(C)c1C(=O)N1CCN2C(=O)C(NC(=O)CCF)CC2C1. The van der Waals surface area contributed by atoms with Crippen LogP contribution in [0.5, 0.6) is 0 Å². The average Bonchev–Trinajstić information content (AvgIpc) is 2.90. The van der Waals surface area contributed by atoms with Crippen molar-refractivity contribution in [3.05, 3.63) is 34.9 Å². The summed E-state index contributed by atoms with van der Waals surface area (Å²) in [4.78, 5) is 40.5. The van der Waals surface area contributed by atoms with E-state index < -0.39 is 18.6 Å². The van der Waals surface area contributed by atoms with Crippen LogP contribution in [0.4, 0.5) is 4.39 Å². The molecular weight excluding hydrogens is 337 g/mol. The van der Waals surface area contributed by atoms with E-state index in [2.05, 4.69) is 5.32 Å². The number of nitrogens with one attached hydrogen (secondary N) is 1. The number of carbonyl (C=O) groups excluding carboxylic acids is 3. The van der Waals surface area contributed by atoms with Gasteiger partial charge in [-0.1, -0.05) is 18.2 Å². The van der Waals surface area contributed by atoms with Gasteiger partial charge in [0.15, 0.2) is 0 Å². The minimum absolute atomic E-state index is 0.0161. The Morgan fingerprint density at radius 1 is 1.23 bits per heavy atom. The van der Waals surface area contributed by atoms with E-state index in [4.69, 9.17) is 0 Å². The van der Waals surface area contributed by atoms with Crippen LogP contribution >= 0.6 is 0 Å². The maximum atomic E-state index is 13.0. The number of hydrogen-bond donors (Lipinski definition) is 1. The molecule has 6 nitrogen and oxygen atoms in total. The number of alkyl halides is 1. The van der Waals surface area contributed by atoms with Crippen molar-refractivity contribution in [2.24, 2.45) is 0 Å². The lowest BCUT2D eigenvalue weighted by atomic mass is 10.0. The first-order chi connectivity index (χ1) is 12.4. The van der Waals surface area contributed by atoms with Crippen LogP contribution in [-0.4, -0.2) is 65.9 Å². The number of halogens is 1. The number of rotatable bonds is 4. The van der Waals surface area contributed by atoms with E-state index in [1.807, 2.05) is 32.0 Å². The highest BCUT2D eigenvalue weighted by Gasteiger charge is 2.43. The summed E-state index contributed by atoms with van der Waals surface area (Å²) in [6.45, 7) is 4.49. The Balaban J connectivity index is 1.69. The Bertz CT molecular complexity index is 716. The second-order valence-corrected chi connectivity index (χ2v) is 7.00. The third-order valence-electron chi connectivity index (χ3n) is 5.21. The van der Waals surface area contributed by atoms with Crippen LogP contribution in [0.3, 0.4) is 0 Å². The second-order valence-electron chi connectivity index (χ2n) is 7.00. The Hall–Kier alpha value is -2.44. The summed E-state index contributed by atoms with van der Waals surface area (Å²) in [5, 5.41) is 2.61. The molecule has 1 aromatic rings. The monoisotopic (exact) mass is 361 g/mol. The summed E-state index contributed by atoms with van der Waals surface area (Å²) in [6.07, 6.45) is 0.221. The van der Waals surface area contributed by atoms with Gasteiger partial charge >= 0.3 is 0 Å². The third-order valence-corrected chi connectivity index (χ3v) is 5.21. The van der Waals surface area contributed by atoms with Gasteiger partial charge in [-0.2, -0.15) is 0 Å². The number of aryl methyl sites for hydroxylation is 2. The van der Waals surface area contributed by atoms with Gasteiger partial charge in [0, 0.05) is 25.2 Å². The summed E-state index contributed by atoms with van der Waals surface area (Å²) in [5.41, 5.74) is 2.60. The zero-order valence-electron chi connectivity index (χ0n) is 15.1. The molecule has 2 heterocycles. The van der Waals surface area contributed by atoms with E-state index in [1.54, 1.807) is 9.80 Å². The molecule has 0 radical (unpaired) electrons. The lowest BCUT2D eigenvalue weighted by molar-refractivity contribution is -0.134. The standard InChI is InChI=1S/C19H24FN3O3/c1-12-4-3-5-13(2)17(12)19(26)22-8-9-23-14(11-22)10-15(18(23)25)21-16(24)6-7-20/h3-5,14-15H,6-11H2,1-2H3,(H,21,24). The van der Waals surface area contributed by atoms with Crippen molar-refractivity contribution in [1.29, 1.82) is 0 Å². The molecule has 0 spiro atoms. The lowest BCUT2D eigenvalue weighted by Crippen LogP contribution is -2.53. The molecule has 2 aliphatic rings. The number of nitrogens with zero attached hydrogens (tertiary/aromatic N) is 2. The van der Waals surface area contributed by atoms with E-state index in [9.17, 15) is 18.8 Å². The van der Waals surface area contributed by atoms with Crippen LogP contribution in [0.2, 0.25) is 0 Å². The van der Waals surface area contributed by atoms with Gasteiger partial charge in [0.25, 0.3) is 5.91 Å². The fourth-order valence-electron chi connectivity index (χ4n) is 3.89. The zero-order valence-corrected chi connectivity index (χ0v) is 15.1. The highest BCUT2D eigenvalue weighted by Crippen LogP contribution is 2.25. The summed E-state index contributed by atoms with van der Waals surface area (Å²) < 4.78 is 12.3. The quantitative estimate of drug-likeness (QED) is 0.876. The summed E-state index contributed by atoms with van der Waals surface area (Å²) in [7, 11) is 0. The molecule has 0 saturated carbocycles. The molecule has 3 rings (SSSR count). The molecule has 2 aliphatic heterocycles. The molecule has 26 heavy (non-hydrogen) atoms. The van der Waals surface area contributed by atoms with Crippen LogP contribution in [0, 0.1) is 13.8 Å². The predicted octanol–water partition coefficient (Wildman–Crippen LogP) is 1.20. The van der Waals surface area contributed by atoms with Crippen molar-refractivity contribution >= 4 is 17.7 Å². The van der Waals surface area contributed by atoms with Crippen molar-refractivity contribution in [1.82, 2.24) is 15.1 Å². The molecule has 1 aromatic carbocycles. The highest BCUT2D eigenvalue weighted by atomic mass is 19.1. The van der Waals surface area contributed by atoms with E-state index >= 15 is 0 Å². The van der Waals surface area contributed by atoms with Gasteiger partial charge in [0.05, 0.1) is 19.1 Å². The smallest absolute Gasteiger partial charge is 0.254 e. The lowest BCUT2D eigenvalue weighted by Gasteiger charge is -2.37. The van der Waals surface area contributed by atoms with Gasteiger partial charge < -0.3 is 15.1 Å². The van der Waals surface area contributed by atoms with E-state index in [1.165, 1.54) is 0 Å². The Labute approximate surface area is 152 Å². The van der Waals surface area contributed by atoms with Gasteiger partial charge in [0.1, 0.15) is 6.04 Å². The molecular formula is C19H24FN3O3. The fourth-order valence-corrected chi connectivity index (χ4v) is 3.89. The molecule has 0 aliphatic carbocycles. The molecule has 2 unspecified atom stereocenters. The molecule has 2 saturated heterocycles. The Morgan fingerprint density at radius 2 is 1.92 bits per heavy atom. The number of amides is 3. The van der Waals surface area contributed by atoms with Crippen molar-refractivity contribution in [2.75, 3.05) is 26.3 Å². The first-order valence-electron chi connectivity index (χ1n) is 8.93. The molecule has 3 amide bonds. The van der Waals surface area contributed by atoms with Gasteiger partial charge in [0.2, 0.25) is 11.8 Å². The van der Waals surface area contributed by atoms with Gasteiger partial charge in [-0.3, -0.25) is 18.8 Å². The summed E-state index contributed by atoms with van der Waals surface area (Å²) in [5.74, 6) is -0.604. The van der Waals surface area contributed by atoms with Crippen molar-refractivity contribution in [2.45, 2.75) is 38.8 Å². The Morgan fingerprint density at radius 3 is 2.58 bits per heavy atom. The summed E-state index contributed by atoms with van der Waals surface area (Å²) >= 11 is 0. The molecule has 1 N–H and O–H groups in total. The fraction of sp³-hybridized carbons (Fsp3) is 0.526. The van der Waals surface area contributed by atoms with Gasteiger partial charge in [-0.05, 0) is 31.4 Å². The molecule has 7 heteroatoms. The van der Waals surface area contributed by atoms with Gasteiger partial charge in [-0.15, -0.1) is 0 Å². The van der Waals surface area contributed by atoms with E-state index in [0.717, 1.165) is 16.7 Å². The van der Waals surface area contributed by atoms with Crippen molar-refractivity contribution in [3.63, 3.8) is 0 Å². The van der Waals surface area contributed by atoms with Crippen LogP contribution in [-0.2, 0) is 9.59 Å². The van der Waals surface area contributed by atoms with Crippen LogP contribution in [0.15, 0.2) is 18.2 Å². The van der Waals surface area contributed by atoms with Crippen LogP contribution < -0.4 is 5.32 Å². The summed E-state index contributed by atoms with van der Waals surface area (Å²) in [6, 6.07) is 5.05. The molecule has 2 atom stereocenters. The predicted molar refractivity (Wildman–Crippen MR) is 94.5 cm³/mol. The molecule has 140 valence electrons. The number of piperazine rings is 1. The number of carbonyl (C=O) groups is 3. The molecule has 0 bridgehead atoms. The number of benzene rings is 1. The van der Waals surface area contributed by atoms with Crippen molar-refractivity contribution < 1.29 is 18.8 Å². The zero-order chi connectivity index (χ0) is 18.8. The normalized spacial score (nSPS) is 22.3. The van der Waals surface area contributed by atoms with Crippen LogP contribution in [0.25, 0.3) is 0 Å². The van der Waals surface area contributed by atoms with Gasteiger partial charge in [-0.25, -0.2) is 0 Å². The molecule has 2 fully saturated rings. The number of fused-ring (bicyclic) bond motifs is 1. The van der Waals surface area contributed by atoms with E-state index in [-0.39, 0.29) is 24.3 Å². The topological polar surface area (TPSA) is 69.7 Å². The van der Waals surface area contributed by atoms with Crippen molar-refractivity contribution in [3.8, 4) is 0 Å². The largest absolute Gasteiger partial charge is 0.344 e. The van der Waals surface area contributed by atoms with E-state index in [0.29, 0.717) is 26.1 Å². The van der Waals surface area contributed by atoms with Crippen LogP contribution in [0.1, 0.15) is 34.3 Å². The first-order valence-corrected chi connectivity index (χ1v) is 8.93. The highest BCUT2D eigenvalue weighted by molar-refractivity contribution is 5.97. The second kappa shape index (κ2) is 7.43. The maximum Gasteiger partial charge on any atom is 0.254 e. The minimum atomic E-state index is -0.738. The first kappa shape index (κ1) is 18.4. The third kappa shape index (κ3) is 3.43. The minimum Gasteiger partial charge on any atom is -0.344 e. The Kier molecular flexibility index (Phi) is 5.25. The molecule has 0 aromatic heterocycles. The average molecular weight is 361 g/mol. The number of hydrogen-bond acceptors (Lipinski definition) is 3.